The van der Waals surface area contributed by atoms with E-state index in [4.69, 9.17) is 4.42 Å². The van der Waals surface area contributed by atoms with Gasteiger partial charge in [0, 0.05) is 12.6 Å². The van der Waals surface area contributed by atoms with Gasteiger partial charge in [-0.15, -0.1) is 0 Å². The molecule has 0 bridgehead atoms. The lowest BCUT2D eigenvalue weighted by atomic mass is 10.1. The van der Waals surface area contributed by atoms with Crippen LogP contribution in [0.4, 0.5) is 0 Å². The Morgan fingerprint density at radius 1 is 1.30 bits per heavy atom. The Morgan fingerprint density at radius 2 is 2.00 bits per heavy atom. The summed E-state index contributed by atoms with van der Waals surface area (Å²) in [4.78, 5) is 0. The summed E-state index contributed by atoms with van der Waals surface area (Å²) in [5.41, 5.74) is 0. The Bertz CT molecular complexity index is 532. The van der Waals surface area contributed by atoms with E-state index in [1.54, 1.807) is 6.07 Å². The smallest absolute Gasteiger partial charge is 0.273 e. The maximum atomic E-state index is 12.1. The molecule has 5 nitrogen and oxygen atoms in total. The predicted octanol–water partition coefficient (Wildman–Crippen LogP) is 2.10. The highest BCUT2D eigenvalue weighted by atomic mass is 32.2. The van der Waals surface area contributed by atoms with Crippen LogP contribution in [0.25, 0.3) is 0 Å². The van der Waals surface area contributed by atoms with E-state index >= 15 is 0 Å². The fourth-order valence-electron chi connectivity index (χ4n) is 2.05. The minimum atomic E-state index is -3.52. The molecule has 1 aromatic rings. The maximum Gasteiger partial charge on any atom is 0.273 e. The largest absolute Gasteiger partial charge is 0.447 e. The fraction of sp³-hybridized carbons (Fsp3) is 0.714. The van der Waals surface area contributed by atoms with E-state index in [0.717, 1.165) is 0 Å². The summed E-state index contributed by atoms with van der Waals surface area (Å²) in [5, 5.41) is 3.19. The number of furan rings is 1. The molecule has 0 radical (unpaired) electrons. The molecule has 1 heterocycles. The average molecular weight is 300 g/mol. The van der Waals surface area contributed by atoms with Gasteiger partial charge < -0.3 is 9.73 Å². The van der Waals surface area contributed by atoms with E-state index < -0.39 is 10.0 Å². The average Bonchev–Trinajstić information content (AvgIpc) is 3.11. The predicted molar refractivity (Wildman–Crippen MR) is 77.8 cm³/mol. The second kappa shape index (κ2) is 6.28. The van der Waals surface area contributed by atoms with E-state index in [-0.39, 0.29) is 5.09 Å². The van der Waals surface area contributed by atoms with Gasteiger partial charge in [-0.25, -0.2) is 13.1 Å². The highest BCUT2D eigenvalue weighted by Gasteiger charge is 2.29. The molecule has 1 aliphatic rings. The minimum absolute atomic E-state index is 0.000975. The fourth-order valence-corrected chi connectivity index (χ4v) is 3.14. The first-order valence-corrected chi connectivity index (χ1v) is 8.68. The van der Waals surface area contributed by atoms with Crippen molar-refractivity contribution < 1.29 is 12.8 Å². The van der Waals surface area contributed by atoms with Crippen LogP contribution in [0, 0.1) is 11.8 Å². The molecule has 1 aliphatic carbocycles. The molecule has 0 aromatic carbocycles. The summed E-state index contributed by atoms with van der Waals surface area (Å²) in [5.74, 6) is 1.70. The van der Waals surface area contributed by atoms with Crippen molar-refractivity contribution in [2.75, 3.05) is 6.54 Å². The Kier molecular flexibility index (Phi) is 4.88. The van der Waals surface area contributed by atoms with E-state index in [9.17, 15) is 8.42 Å². The van der Waals surface area contributed by atoms with Crippen molar-refractivity contribution in [1.82, 2.24) is 10.0 Å². The van der Waals surface area contributed by atoms with Crippen LogP contribution in [0.1, 0.15) is 39.4 Å². The lowest BCUT2D eigenvalue weighted by Crippen LogP contribution is -2.28. The Hall–Kier alpha value is -0.850. The van der Waals surface area contributed by atoms with Gasteiger partial charge in [0.15, 0.2) is 0 Å². The zero-order valence-electron chi connectivity index (χ0n) is 12.3. The molecule has 114 valence electrons. The van der Waals surface area contributed by atoms with Crippen molar-refractivity contribution in [3.8, 4) is 0 Å². The molecule has 2 rings (SSSR count). The van der Waals surface area contributed by atoms with Gasteiger partial charge in [0.2, 0.25) is 5.09 Å². The Morgan fingerprint density at radius 3 is 2.60 bits per heavy atom. The number of rotatable bonds is 8. The summed E-state index contributed by atoms with van der Waals surface area (Å²) < 4.78 is 32.2. The number of nitrogens with one attached hydrogen (secondary N) is 2. The summed E-state index contributed by atoms with van der Waals surface area (Å²) in [7, 11) is -3.52. The van der Waals surface area contributed by atoms with Gasteiger partial charge in [0.25, 0.3) is 10.0 Å². The normalized spacial score (nSPS) is 17.6. The first kappa shape index (κ1) is 15.5. The zero-order valence-corrected chi connectivity index (χ0v) is 13.2. The van der Waals surface area contributed by atoms with Crippen LogP contribution in [0.5, 0.6) is 0 Å². The minimum Gasteiger partial charge on any atom is -0.447 e. The highest BCUT2D eigenvalue weighted by molar-refractivity contribution is 7.89. The second-order valence-corrected chi connectivity index (χ2v) is 7.62. The van der Waals surface area contributed by atoms with Crippen LogP contribution < -0.4 is 10.0 Å². The van der Waals surface area contributed by atoms with E-state index in [1.807, 2.05) is 13.8 Å². The molecule has 1 atom stereocenters. The highest BCUT2D eigenvalue weighted by Crippen LogP contribution is 2.36. The van der Waals surface area contributed by atoms with Crippen molar-refractivity contribution in [3.05, 3.63) is 17.9 Å². The van der Waals surface area contributed by atoms with Crippen LogP contribution in [0.15, 0.2) is 21.6 Å². The third kappa shape index (κ3) is 4.33. The van der Waals surface area contributed by atoms with Crippen molar-refractivity contribution in [2.24, 2.45) is 11.8 Å². The Balaban J connectivity index is 1.91. The molecule has 6 heteroatoms. The van der Waals surface area contributed by atoms with Crippen molar-refractivity contribution in [1.29, 1.82) is 0 Å². The standard InChI is InChI=1S/C14H24N2O3S/c1-10(2)15-9-13-6-7-14(19-13)20(17,18)16-8-11(3)12-4-5-12/h6-7,10-12,15-16H,4-5,8-9H2,1-3H3. The van der Waals surface area contributed by atoms with Gasteiger partial charge in [0.05, 0.1) is 6.54 Å². The topological polar surface area (TPSA) is 71.3 Å². The third-order valence-corrected chi connectivity index (χ3v) is 4.90. The van der Waals surface area contributed by atoms with Crippen LogP contribution in [-0.4, -0.2) is 21.0 Å². The number of hydrogen-bond donors (Lipinski definition) is 2. The number of sulfonamides is 1. The monoisotopic (exact) mass is 300 g/mol. The molecule has 1 saturated carbocycles. The van der Waals surface area contributed by atoms with Crippen molar-refractivity contribution in [3.63, 3.8) is 0 Å². The molecular weight excluding hydrogens is 276 g/mol. The zero-order chi connectivity index (χ0) is 14.8. The van der Waals surface area contributed by atoms with Gasteiger partial charge in [-0.1, -0.05) is 20.8 Å². The van der Waals surface area contributed by atoms with Gasteiger partial charge in [0.1, 0.15) is 5.76 Å². The van der Waals surface area contributed by atoms with E-state index in [0.29, 0.717) is 36.7 Å². The molecule has 20 heavy (non-hydrogen) atoms. The lowest BCUT2D eigenvalue weighted by molar-refractivity contribution is 0.391. The molecule has 1 unspecified atom stereocenters. The Labute approximate surface area is 121 Å². The van der Waals surface area contributed by atoms with Gasteiger partial charge in [-0.3, -0.25) is 0 Å². The summed E-state index contributed by atoms with van der Waals surface area (Å²) >= 11 is 0. The lowest BCUT2D eigenvalue weighted by Gasteiger charge is -2.10. The molecule has 2 N–H and O–H groups in total. The maximum absolute atomic E-state index is 12.1. The summed E-state index contributed by atoms with van der Waals surface area (Å²) in [6.07, 6.45) is 2.43. The number of hydrogen-bond acceptors (Lipinski definition) is 4. The molecule has 0 amide bonds. The molecular formula is C14H24N2O3S. The van der Waals surface area contributed by atoms with Gasteiger partial charge in [-0.2, -0.15) is 0 Å². The van der Waals surface area contributed by atoms with E-state index in [1.165, 1.54) is 18.9 Å². The van der Waals surface area contributed by atoms with E-state index in [2.05, 4.69) is 17.0 Å². The summed E-state index contributed by atoms with van der Waals surface area (Å²) in [6.45, 7) is 7.15. The van der Waals surface area contributed by atoms with Crippen molar-refractivity contribution in [2.45, 2.75) is 51.3 Å². The first-order valence-electron chi connectivity index (χ1n) is 7.20. The van der Waals surface area contributed by atoms with Crippen LogP contribution in [-0.2, 0) is 16.6 Å². The molecule has 0 spiro atoms. The molecule has 1 fully saturated rings. The second-order valence-electron chi connectivity index (χ2n) is 5.92. The van der Waals surface area contributed by atoms with Gasteiger partial charge >= 0.3 is 0 Å². The van der Waals surface area contributed by atoms with Crippen LogP contribution >= 0.6 is 0 Å². The molecule has 1 aromatic heterocycles. The van der Waals surface area contributed by atoms with Crippen LogP contribution in [0.2, 0.25) is 0 Å². The first-order chi connectivity index (χ1) is 9.38. The molecule has 0 aliphatic heterocycles. The third-order valence-electron chi connectivity index (χ3n) is 3.61. The SMILES string of the molecule is CC(C)NCc1ccc(S(=O)(=O)NCC(C)C2CC2)o1. The quantitative estimate of drug-likeness (QED) is 0.771. The van der Waals surface area contributed by atoms with Crippen molar-refractivity contribution >= 4 is 10.0 Å². The van der Waals surface area contributed by atoms with Gasteiger partial charge in [-0.05, 0) is 36.8 Å². The molecule has 0 saturated heterocycles. The van der Waals surface area contributed by atoms with Crippen LogP contribution in [0.3, 0.4) is 0 Å². The summed E-state index contributed by atoms with van der Waals surface area (Å²) in [6, 6.07) is 3.55.